The molecule has 7 nitrogen and oxygen atoms in total. The van der Waals surface area contributed by atoms with E-state index in [9.17, 15) is 13.2 Å². The van der Waals surface area contributed by atoms with Gasteiger partial charge in [-0.05, 0) is 12.3 Å². The molecule has 2 heterocycles. The number of amides is 1. The molecule has 0 aromatic carbocycles. The fourth-order valence-electron chi connectivity index (χ4n) is 2.88. The van der Waals surface area contributed by atoms with Gasteiger partial charge in [0.25, 0.3) is 0 Å². The molecule has 8 heteroatoms. The lowest BCUT2D eigenvalue weighted by molar-refractivity contribution is -0.138. The van der Waals surface area contributed by atoms with E-state index in [1.165, 1.54) is 0 Å². The van der Waals surface area contributed by atoms with Crippen LogP contribution in [0, 0.1) is 17.8 Å². The molecule has 2 fully saturated rings. The topological polar surface area (TPSA) is 84.3 Å². The van der Waals surface area contributed by atoms with Crippen LogP contribution in [0.1, 0.15) is 18.9 Å². The van der Waals surface area contributed by atoms with E-state index in [2.05, 4.69) is 16.7 Å². The van der Waals surface area contributed by atoms with Crippen LogP contribution in [0.2, 0.25) is 0 Å². The maximum atomic E-state index is 12.0. The molecule has 3 rings (SSSR count). The standard InChI is InChI=1S/C14H22N4O3S/c1-10-3-13(10)14(19)18-7-12(8-18)9-22(20,21)16-5-11-4-15-17(2)6-11/h4,6,10,12-13,16H,3,5,7-9H2,1-2H3/t10-,13+/m1/s1. The first kappa shape index (κ1) is 15.5. The molecule has 1 saturated carbocycles. The summed E-state index contributed by atoms with van der Waals surface area (Å²) in [6, 6.07) is 0. The lowest BCUT2D eigenvalue weighted by Gasteiger charge is -2.39. The number of carbonyl (C=O) groups excluding carboxylic acids is 1. The minimum atomic E-state index is -3.32. The van der Waals surface area contributed by atoms with Crippen LogP contribution in [0.25, 0.3) is 0 Å². The molecule has 0 bridgehead atoms. The molecule has 22 heavy (non-hydrogen) atoms. The van der Waals surface area contributed by atoms with Crippen molar-refractivity contribution >= 4 is 15.9 Å². The van der Waals surface area contributed by atoms with Crippen LogP contribution < -0.4 is 4.72 Å². The fraction of sp³-hybridized carbons (Fsp3) is 0.714. The number of nitrogens with zero attached hydrogens (tertiary/aromatic N) is 3. The van der Waals surface area contributed by atoms with Gasteiger partial charge in [-0.25, -0.2) is 13.1 Å². The number of hydrogen-bond acceptors (Lipinski definition) is 4. The highest BCUT2D eigenvalue weighted by Crippen LogP contribution is 2.40. The Balaban J connectivity index is 1.42. The van der Waals surface area contributed by atoms with E-state index >= 15 is 0 Å². The molecule has 122 valence electrons. The average Bonchev–Trinajstić information content (AvgIpc) is 2.98. The van der Waals surface area contributed by atoms with Crippen molar-refractivity contribution in [2.75, 3.05) is 18.8 Å². The van der Waals surface area contributed by atoms with Gasteiger partial charge in [0.1, 0.15) is 0 Å². The van der Waals surface area contributed by atoms with E-state index in [1.807, 2.05) is 0 Å². The molecule has 0 spiro atoms. The molecule has 1 aromatic rings. The molecular weight excluding hydrogens is 304 g/mol. The molecule has 1 aromatic heterocycles. The van der Waals surface area contributed by atoms with Crippen molar-refractivity contribution in [2.24, 2.45) is 24.8 Å². The number of carbonyl (C=O) groups is 1. The van der Waals surface area contributed by atoms with E-state index in [1.54, 1.807) is 29.0 Å². The number of aromatic nitrogens is 2. The fourth-order valence-corrected chi connectivity index (χ4v) is 4.22. The third-order valence-electron chi connectivity index (χ3n) is 4.41. The van der Waals surface area contributed by atoms with Crippen molar-refractivity contribution in [3.8, 4) is 0 Å². The minimum absolute atomic E-state index is 0.0457. The zero-order valence-corrected chi connectivity index (χ0v) is 13.7. The summed E-state index contributed by atoms with van der Waals surface area (Å²) in [7, 11) is -1.53. The second kappa shape index (κ2) is 5.66. The second-order valence-corrected chi connectivity index (χ2v) is 8.41. The summed E-state index contributed by atoms with van der Waals surface area (Å²) in [4.78, 5) is 13.8. The van der Waals surface area contributed by atoms with Crippen LogP contribution >= 0.6 is 0 Å². The highest BCUT2D eigenvalue weighted by Gasteiger charge is 2.45. The van der Waals surface area contributed by atoms with Crippen molar-refractivity contribution in [1.82, 2.24) is 19.4 Å². The minimum Gasteiger partial charge on any atom is -0.342 e. The number of sulfonamides is 1. The zero-order valence-electron chi connectivity index (χ0n) is 12.9. The summed E-state index contributed by atoms with van der Waals surface area (Å²) in [5, 5.41) is 4.00. The Bertz CT molecular complexity index is 663. The summed E-state index contributed by atoms with van der Waals surface area (Å²) < 4.78 is 28.3. The van der Waals surface area contributed by atoms with Gasteiger partial charge in [0.2, 0.25) is 15.9 Å². The molecule has 1 saturated heterocycles. The molecule has 2 atom stereocenters. The van der Waals surface area contributed by atoms with Crippen LogP contribution in [0.15, 0.2) is 12.4 Å². The van der Waals surface area contributed by atoms with Gasteiger partial charge in [0.05, 0.1) is 11.9 Å². The third kappa shape index (κ3) is 3.49. The van der Waals surface area contributed by atoms with Crippen LogP contribution in [0.4, 0.5) is 0 Å². The number of rotatable bonds is 6. The highest BCUT2D eigenvalue weighted by atomic mass is 32.2. The van der Waals surface area contributed by atoms with Gasteiger partial charge in [0.15, 0.2) is 0 Å². The first-order valence-corrected chi connectivity index (χ1v) is 9.23. The van der Waals surface area contributed by atoms with Crippen LogP contribution in [-0.4, -0.2) is 47.8 Å². The van der Waals surface area contributed by atoms with E-state index in [4.69, 9.17) is 0 Å². The van der Waals surface area contributed by atoms with Crippen LogP contribution in [0.5, 0.6) is 0 Å². The maximum absolute atomic E-state index is 12.0. The molecule has 0 radical (unpaired) electrons. The lowest BCUT2D eigenvalue weighted by atomic mass is 10.0. The van der Waals surface area contributed by atoms with Crippen molar-refractivity contribution in [3.63, 3.8) is 0 Å². The molecule has 1 aliphatic heterocycles. The average molecular weight is 326 g/mol. The smallest absolute Gasteiger partial charge is 0.225 e. The summed E-state index contributed by atoms with van der Waals surface area (Å²) in [6.07, 6.45) is 4.40. The molecule has 1 aliphatic carbocycles. The molecule has 1 N–H and O–H groups in total. The summed E-state index contributed by atoms with van der Waals surface area (Å²) >= 11 is 0. The van der Waals surface area contributed by atoms with Gasteiger partial charge in [-0.3, -0.25) is 9.48 Å². The highest BCUT2D eigenvalue weighted by molar-refractivity contribution is 7.89. The zero-order chi connectivity index (χ0) is 15.9. The van der Waals surface area contributed by atoms with Crippen molar-refractivity contribution < 1.29 is 13.2 Å². The van der Waals surface area contributed by atoms with E-state index in [-0.39, 0.29) is 30.0 Å². The number of nitrogens with one attached hydrogen (secondary N) is 1. The quantitative estimate of drug-likeness (QED) is 0.795. The Morgan fingerprint density at radius 1 is 1.45 bits per heavy atom. The maximum Gasteiger partial charge on any atom is 0.225 e. The molecular formula is C14H22N4O3S. The SMILES string of the molecule is C[C@@H]1C[C@@H]1C(=O)N1CC(CS(=O)(=O)NCc2cnn(C)c2)C1. The van der Waals surface area contributed by atoms with E-state index < -0.39 is 10.0 Å². The summed E-state index contributed by atoms with van der Waals surface area (Å²) in [5.41, 5.74) is 0.833. The number of aryl methyl sites for hydroxylation is 1. The van der Waals surface area contributed by atoms with Gasteiger partial charge in [0, 0.05) is 50.3 Å². The molecule has 1 amide bonds. The first-order chi connectivity index (χ1) is 10.3. The van der Waals surface area contributed by atoms with Gasteiger partial charge in [-0.2, -0.15) is 5.10 Å². The first-order valence-electron chi connectivity index (χ1n) is 7.57. The Morgan fingerprint density at radius 3 is 2.68 bits per heavy atom. The third-order valence-corrected chi connectivity index (χ3v) is 5.90. The predicted octanol–water partition coefficient (Wildman–Crippen LogP) is -0.0461. The van der Waals surface area contributed by atoms with Crippen LogP contribution in [0.3, 0.4) is 0 Å². The largest absolute Gasteiger partial charge is 0.342 e. The molecule has 2 aliphatic rings. The van der Waals surface area contributed by atoms with Crippen molar-refractivity contribution in [2.45, 2.75) is 19.9 Å². The van der Waals surface area contributed by atoms with E-state index in [0.717, 1.165) is 12.0 Å². The Kier molecular flexibility index (Phi) is 3.98. The van der Waals surface area contributed by atoms with Crippen molar-refractivity contribution in [1.29, 1.82) is 0 Å². The molecule has 0 unspecified atom stereocenters. The number of hydrogen-bond donors (Lipinski definition) is 1. The van der Waals surface area contributed by atoms with Gasteiger partial charge >= 0.3 is 0 Å². The predicted molar refractivity (Wildman–Crippen MR) is 81.2 cm³/mol. The monoisotopic (exact) mass is 326 g/mol. The Hall–Kier alpha value is -1.41. The summed E-state index contributed by atoms with van der Waals surface area (Å²) in [5.74, 6) is 1.00. The van der Waals surface area contributed by atoms with Crippen molar-refractivity contribution in [3.05, 3.63) is 18.0 Å². The van der Waals surface area contributed by atoms with Crippen LogP contribution in [-0.2, 0) is 28.4 Å². The lowest BCUT2D eigenvalue weighted by Crippen LogP contribution is -2.53. The summed E-state index contributed by atoms with van der Waals surface area (Å²) in [6.45, 7) is 3.46. The van der Waals surface area contributed by atoms with E-state index in [0.29, 0.717) is 19.0 Å². The van der Waals surface area contributed by atoms with Gasteiger partial charge in [-0.1, -0.05) is 6.92 Å². The van der Waals surface area contributed by atoms with Gasteiger partial charge in [-0.15, -0.1) is 0 Å². The Morgan fingerprint density at radius 2 is 2.14 bits per heavy atom. The normalized spacial score (nSPS) is 25.1. The van der Waals surface area contributed by atoms with Gasteiger partial charge < -0.3 is 4.90 Å². The Labute approximate surface area is 130 Å². The second-order valence-electron chi connectivity index (χ2n) is 6.55. The number of likely N-dealkylation sites (tertiary alicyclic amines) is 1.